The number of aryl methyl sites for hydroxylation is 2. The van der Waals surface area contributed by atoms with Crippen molar-refractivity contribution in [3.8, 4) is 0 Å². The van der Waals surface area contributed by atoms with Crippen LogP contribution in [0.3, 0.4) is 0 Å². The molecule has 0 aliphatic heterocycles. The zero-order valence-corrected chi connectivity index (χ0v) is 9.81. The van der Waals surface area contributed by atoms with Gasteiger partial charge < -0.3 is 4.98 Å². The number of allylic oxidation sites excluding steroid dienone is 2. The van der Waals surface area contributed by atoms with Gasteiger partial charge in [0.25, 0.3) is 0 Å². The molecule has 0 aromatic carbocycles. The quantitative estimate of drug-likeness (QED) is 0.712. The van der Waals surface area contributed by atoms with Crippen molar-refractivity contribution < 1.29 is 0 Å². The van der Waals surface area contributed by atoms with E-state index < -0.39 is 0 Å². The maximum atomic E-state index is 4.32. The minimum Gasteiger partial charge on any atom is -0.342 e. The summed E-state index contributed by atoms with van der Waals surface area (Å²) >= 11 is 0. The summed E-state index contributed by atoms with van der Waals surface area (Å²) < 4.78 is 0. The first-order valence-electron chi connectivity index (χ1n) is 4.97. The summed E-state index contributed by atoms with van der Waals surface area (Å²) in [6, 6.07) is 0. The van der Waals surface area contributed by atoms with Gasteiger partial charge in [-0.15, -0.1) is 0 Å². The van der Waals surface area contributed by atoms with Crippen molar-refractivity contribution >= 4 is 6.08 Å². The Morgan fingerprint density at radius 2 is 1.93 bits per heavy atom. The average molecular weight is 192 g/mol. The molecule has 1 N–H and O–H groups in total. The van der Waals surface area contributed by atoms with E-state index >= 15 is 0 Å². The molecule has 0 atom stereocenters. The number of nitrogens with one attached hydrogen (secondary N) is 1. The van der Waals surface area contributed by atoms with Crippen LogP contribution in [-0.4, -0.2) is 9.97 Å². The van der Waals surface area contributed by atoms with Crippen LogP contribution in [0.2, 0.25) is 0 Å². The third kappa shape index (κ3) is 3.60. The smallest absolute Gasteiger partial charge is 0.130 e. The molecule has 78 valence electrons. The molecule has 0 unspecified atom stereocenters. The molecular weight excluding hydrogens is 172 g/mol. The zero-order chi connectivity index (χ0) is 11.1. The highest BCUT2D eigenvalue weighted by Crippen LogP contribution is 2.07. The van der Waals surface area contributed by atoms with Crippen LogP contribution in [0.4, 0.5) is 0 Å². The van der Waals surface area contributed by atoms with Gasteiger partial charge in [-0.3, -0.25) is 0 Å². The zero-order valence-electron chi connectivity index (χ0n) is 9.81. The SMILES string of the molecule is C=C/C(C)=C\c1nc(C)c(C)[nH]1.CC. The summed E-state index contributed by atoms with van der Waals surface area (Å²) in [4.78, 5) is 7.49. The highest BCUT2D eigenvalue weighted by Gasteiger charge is 1.98. The van der Waals surface area contributed by atoms with Gasteiger partial charge in [0.1, 0.15) is 5.82 Å². The van der Waals surface area contributed by atoms with Crippen LogP contribution in [0.1, 0.15) is 38.0 Å². The first kappa shape index (κ1) is 12.7. The Morgan fingerprint density at radius 1 is 1.36 bits per heavy atom. The van der Waals surface area contributed by atoms with Crippen LogP contribution in [0.5, 0.6) is 0 Å². The lowest BCUT2D eigenvalue weighted by atomic mass is 10.3. The molecule has 0 saturated carbocycles. The Morgan fingerprint density at radius 3 is 2.29 bits per heavy atom. The van der Waals surface area contributed by atoms with E-state index in [-0.39, 0.29) is 0 Å². The molecule has 1 aromatic rings. The van der Waals surface area contributed by atoms with E-state index in [2.05, 4.69) is 16.5 Å². The van der Waals surface area contributed by atoms with Gasteiger partial charge in [-0.1, -0.05) is 26.5 Å². The molecule has 2 nitrogen and oxygen atoms in total. The summed E-state index contributed by atoms with van der Waals surface area (Å²) in [5.74, 6) is 0.905. The largest absolute Gasteiger partial charge is 0.342 e. The number of rotatable bonds is 2. The first-order valence-corrected chi connectivity index (χ1v) is 4.97. The number of hydrogen-bond donors (Lipinski definition) is 1. The van der Waals surface area contributed by atoms with E-state index in [0.29, 0.717) is 0 Å². The second kappa shape index (κ2) is 6.19. The molecule has 0 spiro atoms. The molecule has 0 aliphatic rings. The number of H-pyrrole nitrogens is 1. The predicted molar refractivity (Wildman–Crippen MR) is 63.3 cm³/mol. The monoisotopic (exact) mass is 192 g/mol. The molecule has 0 amide bonds. The molecule has 14 heavy (non-hydrogen) atoms. The van der Waals surface area contributed by atoms with Gasteiger partial charge >= 0.3 is 0 Å². The van der Waals surface area contributed by atoms with Gasteiger partial charge in [-0.25, -0.2) is 4.98 Å². The normalized spacial score (nSPS) is 10.5. The number of aromatic amines is 1. The third-order valence-corrected chi connectivity index (χ3v) is 1.83. The first-order chi connectivity index (χ1) is 6.63. The average Bonchev–Trinajstić information content (AvgIpc) is 2.49. The number of nitrogens with zero attached hydrogens (tertiary/aromatic N) is 1. The second-order valence-electron chi connectivity index (χ2n) is 2.92. The molecule has 0 saturated heterocycles. The predicted octanol–water partition coefficient (Wildman–Crippen LogP) is 3.64. The van der Waals surface area contributed by atoms with Crippen molar-refractivity contribution in [2.45, 2.75) is 34.6 Å². The maximum absolute atomic E-state index is 4.32. The van der Waals surface area contributed by atoms with Gasteiger partial charge in [0.05, 0.1) is 5.69 Å². The number of aromatic nitrogens is 2. The lowest BCUT2D eigenvalue weighted by molar-refractivity contribution is 1.22. The Kier molecular flexibility index (Phi) is 5.61. The molecule has 1 rings (SSSR count). The Labute approximate surface area is 86.8 Å². The summed E-state index contributed by atoms with van der Waals surface area (Å²) in [6.07, 6.45) is 3.79. The van der Waals surface area contributed by atoms with Crippen LogP contribution >= 0.6 is 0 Å². The molecule has 2 heteroatoms. The van der Waals surface area contributed by atoms with Crippen molar-refractivity contribution in [3.63, 3.8) is 0 Å². The van der Waals surface area contributed by atoms with Crippen LogP contribution in [0, 0.1) is 13.8 Å². The van der Waals surface area contributed by atoms with E-state index in [1.807, 2.05) is 46.8 Å². The van der Waals surface area contributed by atoms with Crippen molar-refractivity contribution in [2.24, 2.45) is 0 Å². The fourth-order valence-electron chi connectivity index (χ4n) is 0.918. The Balaban J connectivity index is 0.000000791. The second-order valence-corrected chi connectivity index (χ2v) is 2.92. The van der Waals surface area contributed by atoms with Gasteiger partial charge in [0.2, 0.25) is 0 Å². The topological polar surface area (TPSA) is 28.7 Å². The Bertz CT molecular complexity index is 300. The van der Waals surface area contributed by atoms with Gasteiger partial charge in [0, 0.05) is 5.69 Å². The lowest BCUT2D eigenvalue weighted by Gasteiger charge is -1.87. The Hall–Kier alpha value is -1.31. The molecule has 1 heterocycles. The fraction of sp³-hybridized carbons (Fsp3) is 0.417. The number of imidazole rings is 1. The molecule has 0 fully saturated rings. The highest BCUT2D eigenvalue weighted by molar-refractivity contribution is 5.49. The minimum atomic E-state index is 0.905. The minimum absolute atomic E-state index is 0.905. The summed E-state index contributed by atoms with van der Waals surface area (Å²) in [7, 11) is 0. The van der Waals surface area contributed by atoms with Crippen molar-refractivity contribution in [1.82, 2.24) is 9.97 Å². The van der Waals surface area contributed by atoms with Crippen LogP contribution < -0.4 is 0 Å². The molecule has 0 radical (unpaired) electrons. The van der Waals surface area contributed by atoms with Crippen molar-refractivity contribution in [3.05, 3.63) is 35.4 Å². The molecule has 0 aliphatic carbocycles. The van der Waals surface area contributed by atoms with Gasteiger partial charge in [-0.2, -0.15) is 0 Å². The van der Waals surface area contributed by atoms with Crippen LogP contribution in [0.15, 0.2) is 18.2 Å². The van der Waals surface area contributed by atoms with E-state index in [0.717, 1.165) is 22.8 Å². The van der Waals surface area contributed by atoms with E-state index in [1.165, 1.54) is 0 Å². The van der Waals surface area contributed by atoms with E-state index in [1.54, 1.807) is 0 Å². The fourth-order valence-corrected chi connectivity index (χ4v) is 0.918. The van der Waals surface area contributed by atoms with Gasteiger partial charge in [0.15, 0.2) is 0 Å². The van der Waals surface area contributed by atoms with Crippen LogP contribution in [0.25, 0.3) is 6.08 Å². The van der Waals surface area contributed by atoms with E-state index in [9.17, 15) is 0 Å². The molecule has 1 aromatic heterocycles. The summed E-state index contributed by atoms with van der Waals surface area (Å²) in [6.45, 7) is 13.7. The summed E-state index contributed by atoms with van der Waals surface area (Å²) in [5, 5.41) is 0. The van der Waals surface area contributed by atoms with Crippen molar-refractivity contribution in [1.29, 1.82) is 0 Å². The molecular formula is C12H20N2. The van der Waals surface area contributed by atoms with Crippen LogP contribution in [-0.2, 0) is 0 Å². The maximum Gasteiger partial charge on any atom is 0.130 e. The lowest BCUT2D eigenvalue weighted by Crippen LogP contribution is -1.76. The number of hydrogen-bond acceptors (Lipinski definition) is 1. The molecule has 0 bridgehead atoms. The highest BCUT2D eigenvalue weighted by atomic mass is 14.9. The van der Waals surface area contributed by atoms with Crippen molar-refractivity contribution in [2.75, 3.05) is 0 Å². The third-order valence-electron chi connectivity index (χ3n) is 1.83. The standard InChI is InChI=1S/C10H14N2.C2H6/c1-5-7(2)6-10-11-8(3)9(4)12-10;1-2/h5-6H,1H2,2-4H3,(H,11,12);1-2H3/b7-6-;. The van der Waals surface area contributed by atoms with Gasteiger partial charge in [-0.05, 0) is 32.4 Å². The summed E-state index contributed by atoms with van der Waals surface area (Å²) in [5.41, 5.74) is 3.29. The van der Waals surface area contributed by atoms with E-state index in [4.69, 9.17) is 0 Å².